The summed E-state index contributed by atoms with van der Waals surface area (Å²) in [7, 11) is 0. The van der Waals surface area contributed by atoms with Gasteiger partial charge in [0.25, 0.3) is 0 Å². The molecule has 0 radical (unpaired) electrons. The third-order valence-electron chi connectivity index (χ3n) is 2.93. The van der Waals surface area contributed by atoms with Gasteiger partial charge in [0.1, 0.15) is 0 Å². The molecular weight excluding hydrogens is 228 g/mol. The number of rotatable bonds is 5. The van der Waals surface area contributed by atoms with Gasteiger partial charge in [-0.25, -0.2) is 8.78 Å². The first-order valence-electron chi connectivity index (χ1n) is 5.63. The number of halogens is 2. The molecular formula is C12H15F2NO2. The fourth-order valence-corrected chi connectivity index (χ4v) is 1.73. The molecule has 3 nitrogen and oxygen atoms in total. The minimum atomic E-state index is -0.968. The van der Waals surface area contributed by atoms with Gasteiger partial charge in [0.2, 0.25) is 0 Å². The van der Waals surface area contributed by atoms with Crippen LogP contribution in [0.15, 0.2) is 12.1 Å². The molecule has 1 aromatic rings. The van der Waals surface area contributed by atoms with Crippen molar-refractivity contribution in [3.63, 3.8) is 0 Å². The standard InChI is InChI=1S/C12H15F2NO2/c13-9-3-7(4-10(14)12(9)17)5-15-6-11(16)8-1-2-8/h3-4,8,11,15-17H,1-2,5-6H2. The molecule has 0 bridgehead atoms. The van der Waals surface area contributed by atoms with Crippen LogP contribution in [0.3, 0.4) is 0 Å². The Morgan fingerprint density at radius 1 is 1.29 bits per heavy atom. The molecule has 2 rings (SSSR count). The van der Waals surface area contributed by atoms with Gasteiger partial charge < -0.3 is 15.5 Å². The molecule has 1 aliphatic rings. The number of hydrogen-bond acceptors (Lipinski definition) is 3. The van der Waals surface area contributed by atoms with Crippen molar-refractivity contribution >= 4 is 0 Å². The van der Waals surface area contributed by atoms with E-state index in [-0.39, 0.29) is 12.6 Å². The van der Waals surface area contributed by atoms with Crippen LogP contribution >= 0.6 is 0 Å². The Kier molecular flexibility index (Phi) is 3.59. The van der Waals surface area contributed by atoms with E-state index in [4.69, 9.17) is 5.11 Å². The van der Waals surface area contributed by atoms with Crippen LogP contribution in [0, 0.1) is 17.6 Å². The van der Waals surface area contributed by atoms with E-state index in [0.29, 0.717) is 18.0 Å². The van der Waals surface area contributed by atoms with Crippen LogP contribution in [0.5, 0.6) is 5.75 Å². The molecule has 3 N–H and O–H groups in total. The maximum absolute atomic E-state index is 13.0. The van der Waals surface area contributed by atoms with E-state index >= 15 is 0 Å². The number of hydrogen-bond donors (Lipinski definition) is 3. The van der Waals surface area contributed by atoms with Crippen LogP contribution in [0.4, 0.5) is 8.78 Å². The Morgan fingerprint density at radius 2 is 1.88 bits per heavy atom. The minimum Gasteiger partial charge on any atom is -0.503 e. The third-order valence-corrected chi connectivity index (χ3v) is 2.93. The number of phenols is 1. The fourth-order valence-electron chi connectivity index (χ4n) is 1.73. The van der Waals surface area contributed by atoms with Gasteiger partial charge in [0.15, 0.2) is 17.4 Å². The van der Waals surface area contributed by atoms with E-state index in [9.17, 15) is 13.9 Å². The Morgan fingerprint density at radius 3 is 2.41 bits per heavy atom. The highest BCUT2D eigenvalue weighted by Gasteiger charge is 2.29. The summed E-state index contributed by atoms with van der Waals surface area (Å²) in [6.45, 7) is 0.673. The van der Waals surface area contributed by atoms with Crippen LogP contribution < -0.4 is 5.32 Å². The van der Waals surface area contributed by atoms with Crippen molar-refractivity contribution in [3.05, 3.63) is 29.3 Å². The van der Waals surface area contributed by atoms with Gasteiger partial charge in [0, 0.05) is 13.1 Å². The molecule has 17 heavy (non-hydrogen) atoms. The summed E-state index contributed by atoms with van der Waals surface area (Å²) in [5.41, 5.74) is 0.404. The van der Waals surface area contributed by atoms with Gasteiger partial charge >= 0.3 is 0 Å². The van der Waals surface area contributed by atoms with Crippen LogP contribution in [0.1, 0.15) is 18.4 Å². The summed E-state index contributed by atoms with van der Waals surface area (Å²) in [5, 5.41) is 21.4. The Bertz CT molecular complexity index is 384. The number of nitrogens with one attached hydrogen (secondary N) is 1. The predicted octanol–water partition coefficient (Wildman–Crippen LogP) is 1.53. The Labute approximate surface area is 98.1 Å². The lowest BCUT2D eigenvalue weighted by molar-refractivity contribution is 0.148. The molecule has 0 spiro atoms. The molecule has 0 heterocycles. The molecule has 0 amide bonds. The SMILES string of the molecule is Oc1c(F)cc(CNCC(O)C2CC2)cc1F. The third kappa shape index (κ3) is 3.14. The van der Waals surface area contributed by atoms with Crippen molar-refractivity contribution in [2.75, 3.05) is 6.54 Å². The summed E-state index contributed by atoms with van der Waals surface area (Å²) in [6.07, 6.45) is 1.71. The molecule has 1 aliphatic carbocycles. The first-order chi connectivity index (χ1) is 8.08. The maximum atomic E-state index is 13.0. The normalized spacial score (nSPS) is 17.1. The number of benzene rings is 1. The molecule has 1 unspecified atom stereocenters. The van der Waals surface area contributed by atoms with E-state index in [1.807, 2.05) is 0 Å². The van der Waals surface area contributed by atoms with E-state index < -0.39 is 17.4 Å². The largest absolute Gasteiger partial charge is 0.503 e. The highest BCUT2D eigenvalue weighted by molar-refractivity contribution is 5.29. The van der Waals surface area contributed by atoms with Crippen molar-refractivity contribution < 1.29 is 19.0 Å². The van der Waals surface area contributed by atoms with Gasteiger partial charge in [-0.05, 0) is 36.5 Å². The molecule has 0 aliphatic heterocycles. The van der Waals surface area contributed by atoms with Gasteiger partial charge in [-0.3, -0.25) is 0 Å². The lowest BCUT2D eigenvalue weighted by Crippen LogP contribution is -2.27. The summed E-state index contributed by atoms with van der Waals surface area (Å²) < 4.78 is 26.0. The quantitative estimate of drug-likeness (QED) is 0.735. The number of phenolic OH excluding ortho intramolecular Hbond substituents is 1. The summed E-state index contributed by atoms with van der Waals surface area (Å²) in [4.78, 5) is 0. The zero-order chi connectivity index (χ0) is 12.4. The number of aliphatic hydroxyl groups excluding tert-OH is 1. The Hall–Kier alpha value is -1.20. The second-order valence-corrected chi connectivity index (χ2v) is 4.44. The van der Waals surface area contributed by atoms with Crippen molar-refractivity contribution in [1.82, 2.24) is 5.32 Å². The van der Waals surface area contributed by atoms with E-state index in [0.717, 1.165) is 25.0 Å². The van der Waals surface area contributed by atoms with Gasteiger partial charge in [-0.15, -0.1) is 0 Å². The lowest BCUT2D eigenvalue weighted by atomic mass is 10.2. The van der Waals surface area contributed by atoms with Crippen molar-refractivity contribution in [3.8, 4) is 5.75 Å². The van der Waals surface area contributed by atoms with Crippen molar-refractivity contribution in [1.29, 1.82) is 0 Å². The molecule has 0 saturated heterocycles. The summed E-state index contributed by atoms with van der Waals surface area (Å²) >= 11 is 0. The predicted molar refractivity (Wildman–Crippen MR) is 58.5 cm³/mol. The zero-order valence-corrected chi connectivity index (χ0v) is 9.29. The highest BCUT2D eigenvalue weighted by Crippen LogP contribution is 2.32. The second-order valence-electron chi connectivity index (χ2n) is 4.44. The molecule has 1 saturated carbocycles. The smallest absolute Gasteiger partial charge is 0.187 e. The van der Waals surface area contributed by atoms with Crippen LogP contribution in [-0.4, -0.2) is 22.9 Å². The zero-order valence-electron chi connectivity index (χ0n) is 9.29. The van der Waals surface area contributed by atoms with Crippen LogP contribution in [0.25, 0.3) is 0 Å². The van der Waals surface area contributed by atoms with Gasteiger partial charge in [-0.2, -0.15) is 0 Å². The average molecular weight is 243 g/mol. The van der Waals surface area contributed by atoms with Gasteiger partial charge in [0.05, 0.1) is 6.10 Å². The number of aromatic hydroxyl groups is 1. The van der Waals surface area contributed by atoms with Crippen molar-refractivity contribution in [2.24, 2.45) is 5.92 Å². The second kappa shape index (κ2) is 4.98. The van der Waals surface area contributed by atoms with E-state index in [2.05, 4.69) is 5.32 Å². The first kappa shape index (κ1) is 12.3. The van der Waals surface area contributed by atoms with Crippen LogP contribution in [-0.2, 0) is 6.54 Å². The minimum absolute atomic E-state index is 0.262. The van der Waals surface area contributed by atoms with E-state index in [1.54, 1.807) is 0 Å². The lowest BCUT2D eigenvalue weighted by Gasteiger charge is -2.11. The maximum Gasteiger partial charge on any atom is 0.187 e. The van der Waals surface area contributed by atoms with Gasteiger partial charge in [-0.1, -0.05) is 0 Å². The highest BCUT2D eigenvalue weighted by atomic mass is 19.1. The van der Waals surface area contributed by atoms with E-state index in [1.165, 1.54) is 0 Å². The van der Waals surface area contributed by atoms with Crippen LogP contribution in [0.2, 0.25) is 0 Å². The first-order valence-corrected chi connectivity index (χ1v) is 5.63. The monoisotopic (exact) mass is 243 g/mol. The average Bonchev–Trinajstić information content (AvgIpc) is 3.09. The number of aliphatic hydroxyl groups is 1. The molecule has 0 aromatic heterocycles. The topological polar surface area (TPSA) is 52.5 Å². The fraction of sp³-hybridized carbons (Fsp3) is 0.500. The molecule has 94 valence electrons. The summed E-state index contributed by atoms with van der Waals surface area (Å²) in [6, 6.07) is 2.16. The summed E-state index contributed by atoms with van der Waals surface area (Å²) in [5.74, 6) is -2.52. The Balaban J connectivity index is 1.86. The molecule has 1 fully saturated rings. The molecule has 1 aromatic carbocycles. The van der Waals surface area contributed by atoms with Crippen molar-refractivity contribution in [2.45, 2.75) is 25.5 Å². The molecule has 1 atom stereocenters. The molecule has 5 heteroatoms.